The molecule has 2 nitrogen and oxygen atoms in total. The summed E-state index contributed by atoms with van der Waals surface area (Å²) in [6.45, 7) is -0.930. The maximum Gasteiger partial charge on any atom is 0.573 e. The Morgan fingerprint density at radius 1 is 1.28 bits per heavy atom. The maximum absolute atomic E-state index is 12.1. The number of hydrogen-bond acceptors (Lipinski definition) is 2. The van der Waals surface area contributed by atoms with Crippen molar-refractivity contribution in [1.29, 1.82) is 0 Å². The van der Waals surface area contributed by atoms with E-state index in [2.05, 4.69) is 9.47 Å². The molecule has 1 aromatic carbocycles. The Kier molecular flexibility index (Phi) is 4.37. The lowest BCUT2D eigenvalue weighted by molar-refractivity contribution is -0.274. The Morgan fingerprint density at radius 2 is 1.94 bits per heavy atom. The molecule has 0 aromatic heterocycles. The number of alkyl halides is 5. The first-order chi connectivity index (χ1) is 8.31. The summed E-state index contributed by atoms with van der Waals surface area (Å²) in [5, 5.41) is 0. The van der Waals surface area contributed by atoms with Crippen LogP contribution in [0.5, 0.6) is 11.5 Å². The van der Waals surface area contributed by atoms with Crippen molar-refractivity contribution in [3.8, 4) is 23.8 Å². The zero-order valence-electron chi connectivity index (χ0n) is 8.80. The Labute approximate surface area is 99.3 Å². The van der Waals surface area contributed by atoms with Crippen LogP contribution in [0.3, 0.4) is 0 Å². The summed E-state index contributed by atoms with van der Waals surface area (Å²) in [5.74, 6) is 1.13. The highest BCUT2D eigenvalue weighted by molar-refractivity contribution is 5.49. The molecule has 0 unspecified atom stereocenters. The highest BCUT2D eigenvalue weighted by Crippen LogP contribution is 2.29. The molecule has 0 fully saturated rings. The standard InChI is InChI=1S/C11H7F5O2/c1-2-7-3-4-8(17-6-10(12)13)5-9(7)18-11(14,15)16/h1,3-5,10H,6H2. The summed E-state index contributed by atoms with van der Waals surface area (Å²) in [6.07, 6.45) is -2.67. The van der Waals surface area contributed by atoms with E-state index in [1.165, 1.54) is 6.07 Å². The minimum Gasteiger partial charge on any atom is -0.488 e. The van der Waals surface area contributed by atoms with E-state index >= 15 is 0 Å². The Hall–Kier alpha value is -1.97. The molecule has 0 saturated carbocycles. The van der Waals surface area contributed by atoms with Crippen molar-refractivity contribution in [2.75, 3.05) is 6.61 Å². The van der Waals surface area contributed by atoms with Gasteiger partial charge in [0, 0.05) is 6.07 Å². The van der Waals surface area contributed by atoms with Crippen molar-refractivity contribution in [2.24, 2.45) is 0 Å². The minimum atomic E-state index is -4.92. The van der Waals surface area contributed by atoms with Crippen molar-refractivity contribution in [3.63, 3.8) is 0 Å². The quantitative estimate of drug-likeness (QED) is 0.615. The van der Waals surface area contributed by atoms with E-state index < -0.39 is 25.1 Å². The van der Waals surface area contributed by atoms with Crippen LogP contribution in [0.25, 0.3) is 0 Å². The molecule has 1 aromatic rings. The van der Waals surface area contributed by atoms with Crippen LogP contribution in [-0.4, -0.2) is 19.4 Å². The van der Waals surface area contributed by atoms with E-state index in [1.54, 1.807) is 0 Å². The number of halogens is 5. The van der Waals surface area contributed by atoms with Gasteiger partial charge in [0.2, 0.25) is 0 Å². The van der Waals surface area contributed by atoms with Gasteiger partial charge < -0.3 is 9.47 Å². The first-order valence-electron chi connectivity index (χ1n) is 4.59. The van der Waals surface area contributed by atoms with Crippen LogP contribution < -0.4 is 9.47 Å². The molecular formula is C11H7F5O2. The molecule has 0 aliphatic carbocycles. The molecule has 0 spiro atoms. The van der Waals surface area contributed by atoms with Crippen LogP contribution in [0.1, 0.15) is 5.56 Å². The van der Waals surface area contributed by atoms with Gasteiger partial charge in [0.15, 0.2) is 0 Å². The van der Waals surface area contributed by atoms with E-state index in [0.717, 1.165) is 12.1 Å². The number of rotatable bonds is 4. The van der Waals surface area contributed by atoms with Crippen molar-refractivity contribution in [3.05, 3.63) is 23.8 Å². The first kappa shape index (κ1) is 14.1. The predicted octanol–water partition coefficient (Wildman–Crippen LogP) is 3.21. The molecule has 0 atom stereocenters. The fourth-order valence-electron chi connectivity index (χ4n) is 1.08. The van der Waals surface area contributed by atoms with Gasteiger partial charge >= 0.3 is 6.36 Å². The Morgan fingerprint density at radius 3 is 2.44 bits per heavy atom. The lowest BCUT2D eigenvalue weighted by Crippen LogP contribution is -2.18. The summed E-state index contributed by atoms with van der Waals surface area (Å²) < 4.78 is 68.1. The molecule has 1 rings (SSSR count). The van der Waals surface area contributed by atoms with Gasteiger partial charge in [-0.25, -0.2) is 8.78 Å². The van der Waals surface area contributed by atoms with Gasteiger partial charge in [0.25, 0.3) is 6.43 Å². The molecule has 0 saturated heterocycles. The van der Waals surface area contributed by atoms with Crippen LogP contribution >= 0.6 is 0 Å². The maximum atomic E-state index is 12.1. The van der Waals surface area contributed by atoms with Gasteiger partial charge in [-0.1, -0.05) is 5.92 Å². The Balaban J connectivity index is 2.92. The molecule has 0 aliphatic heterocycles. The van der Waals surface area contributed by atoms with E-state index in [4.69, 9.17) is 6.42 Å². The summed E-state index contributed by atoms with van der Waals surface area (Å²) in [7, 11) is 0. The molecule has 0 bridgehead atoms. The molecule has 0 radical (unpaired) electrons. The topological polar surface area (TPSA) is 18.5 Å². The molecule has 0 amide bonds. The number of ether oxygens (including phenoxy) is 2. The largest absolute Gasteiger partial charge is 0.573 e. The highest BCUT2D eigenvalue weighted by Gasteiger charge is 2.32. The SMILES string of the molecule is C#Cc1ccc(OCC(F)F)cc1OC(F)(F)F. The van der Waals surface area contributed by atoms with Gasteiger partial charge in [-0.2, -0.15) is 0 Å². The monoisotopic (exact) mass is 266 g/mol. The highest BCUT2D eigenvalue weighted by atomic mass is 19.4. The van der Waals surface area contributed by atoms with Crippen molar-refractivity contribution in [2.45, 2.75) is 12.8 Å². The molecule has 0 heterocycles. The fraction of sp³-hybridized carbons (Fsp3) is 0.273. The lowest BCUT2D eigenvalue weighted by atomic mass is 10.2. The normalized spacial score (nSPS) is 11.2. The lowest BCUT2D eigenvalue weighted by Gasteiger charge is -2.12. The summed E-state index contributed by atoms with van der Waals surface area (Å²) >= 11 is 0. The predicted molar refractivity (Wildman–Crippen MR) is 52.6 cm³/mol. The number of hydrogen-bond donors (Lipinski definition) is 0. The average molecular weight is 266 g/mol. The number of benzene rings is 1. The van der Waals surface area contributed by atoms with Crippen molar-refractivity contribution < 1.29 is 31.4 Å². The van der Waals surface area contributed by atoms with Crippen molar-refractivity contribution >= 4 is 0 Å². The van der Waals surface area contributed by atoms with E-state index in [1.807, 2.05) is 5.92 Å². The average Bonchev–Trinajstić information content (AvgIpc) is 2.24. The zero-order valence-corrected chi connectivity index (χ0v) is 8.80. The van der Waals surface area contributed by atoms with Gasteiger partial charge in [-0.15, -0.1) is 19.6 Å². The molecule has 0 aliphatic rings. The van der Waals surface area contributed by atoms with Crippen LogP contribution in [0.15, 0.2) is 18.2 Å². The fourth-order valence-corrected chi connectivity index (χ4v) is 1.08. The summed E-state index contributed by atoms with van der Waals surface area (Å²) in [5.41, 5.74) is -0.156. The molecule has 18 heavy (non-hydrogen) atoms. The second-order valence-electron chi connectivity index (χ2n) is 3.05. The van der Waals surface area contributed by atoms with E-state index in [9.17, 15) is 22.0 Å². The smallest absolute Gasteiger partial charge is 0.488 e. The van der Waals surface area contributed by atoms with Gasteiger partial charge in [-0.3, -0.25) is 0 Å². The van der Waals surface area contributed by atoms with Crippen molar-refractivity contribution in [1.82, 2.24) is 0 Å². The second-order valence-corrected chi connectivity index (χ2v) is 3.05. The summed E-state index contributed by atoms with van der Waals surface area (Å²) in [6, 6.07) is 3.10. The van der Waals surface area contributed by atoms with Crippen LogP contribution in [-0.2, 0) is 0 Å². The van der Waals surface area contributed by atoms with Crippen LogP contribution in [0, 0.1) is 12.3 Å². The molecular weight excluding hydrogens is 259 g/mol. The van der Waals surface area contributed by atoms with E-state index in [0.29, 0.717) is 0 Å². The van der Waals surface area contributed by atoms with Gasteiger partial charge in [0.05, 0.1) is 5.56 Å². The summed E-state index contributed by atoms with van der Waals surface area (Å²) in [4.78, 5) is 0. The Bertz CT molecular complexity index is 448. The van der Waals surface area contributed by atoms with Crippen LogP contribution in [0.2, 0.25) is 0 Å². The third kappa shape index (κ3) is 4.49. The zero-order chi connectivity index (χ0) is 13.8. The minimum absolute atomic E-state index is 0.156. The van der Waals surface area contributed by atoms with Gasteiger partial charge in [-0.05, 0) is 12.1 Å². The van der Waals surface area contributed by atoms with E-state index in [-0.39, 0.29) is 11.3 Å². The number of terminal acetylenes is 1. The van der Waals surface area contributed by atoms with Gasteiger partial charge in [0.1, 0.15) is 18.1 Å². The third-order valence-electron chi connectivity index (χ3n) is 1.71. The molecule has 0 N–H and O–H groups in total. The molecule has 7 heteroatoms. The first-order valence-corrected chi connectivity index (χ1v) is 4.59. The molecule has 98 valence electrons. The van der Waals surface area contributed by atoms with Crippen LogP contribution in [0.4, 0.5) is 22.0 Å². The second kappa shape index (κ2) is 5.58. The third-order valence-corrected chi connectivity index (χ3v) is 1.71.